The Kier molecular flexibility index (Phi) is 5.69. The van der Waals surface area contributed by atoms with Gasteiger partial charge in [-0.05, 0) is 55.8 Å². The van der Waals surface area contributed by atoms with Crippen molar-refractivity contribution in [2.75, 3.05) is 13.1 Å². The van der Waals surface area contributed by atoms with E-state index >= 15 is 0 Å². The van der Waals surface area contributed by atoms with Crippen LogP contribution >= 0.6 is 12.4 Å². The average Bonchev–Trinajstić information content (AvgIpc) is 2.68. The van der Waals surface area contributed by atoms with Crippen LogP contribution in [0, 0.1) is 5.92 Å². The summed E-state index contributed by atoms with van der Waals surface area (Å²) in [6, 6.07) is 19.9. The standard InChI is InChI=1S/C22H25NO2.ClH/c24-21(25)22(18-7-3-1-4-8-18,19-9-5-2-6-10-19)16-20-15-17-11-13-23(20)14-12-17;/h1-10,17,20H,11-16H2,(H,24,25);1H. The number of nitrogens with zero attached hydrogens (tertiary/aromatic N) is 1. The molecular formula is C22H26ClNO2. The SMILES string of the molecule is Cl.O=C(O)C(CC1CC2CCN1CC2)(c1ccccc1)c1ccccc1. The van der Waals surface area contributed by atoms with E-state index in [1.807, 2.05) is 60.7 Å². The minimum absolute atomic E-state index is 0. The molecular weight excluding hydrogens is 346 g/mol. The fourth-order valence-corrected chi connectivity index (χ4v) is 4.84. The van der Waals surface area contributed by atoms with Crippen molar-refractivity contribution >= 4 is 18.4 Å². The van der Waals surface area contributed by atoms with Crippen LogP contribution < -0.4 is 0 Å². The van der Waals surface area contributed by atoms with Gasteiger partial charge in [-0.25, -0.2) is 0 Å². The van der Waals surface area contributed by atoms with E-state index in [0.717, 1.165) is 36.6 Å². The van der Waals surface area contributed by atoms with Crippen LogP contribution in [-0.2, 0) is 10.2 Å². The van der Waals surface area contributed by atoms with Crippen molar-refractivity contribution in [2.45, 2.75) is 37.1 Å². The fraction of sp³-hybridized carbons (Fsp3) is 0.409. The maximum Gasteiger partial charge on any atom is 0.318 e. The van der Waals surface area contributed by atoms with Crippen molar-refractivity contribution in [3.8, 4) is 0 Å². The lowest BCUT2D eigenvalue weighted by molar-refractivity contribution is -0.143. The quantitative estimate of drug-likeness (QED) is 0.849. The molecule has 0 aromatic heterocycles. The second kappa shape index (κ2) is 7.81. The first kappa shape index (κ1) is 18.9. The third-order valence-electron chi connectivity index (χ3n) is 6.21. The first-order chi connectivity index (χ1) is 12.2. The molecule has 4 heteroatoms. The van der Waals surface area contributed by atoms with Gasteiger partial charge in [0.25, 0.3) is 0 Å². The molecule has 3 fully saturated rings. The van der Waals surface area contributed by atoms with Crippen molar-refractivity contribution in [1.82, 2.24) is 4.90 Å². The summed E-state index contributed by atoms with van der Waals surface area (Å²) in [6.07, 6.45) is 4.32. The number of carboxylic acid groups (broad SMARTS) is 1. The molecule has 138 valence electrons. The number of carboxylic acids is 1. The molecule has 3 aliphatic rings. The van der Waals surface area contributed by atoms with Gasteiger partial charge < -0.3 is 10.0 Å². The highest BCUT2D eigenvalue weighted by atomic mass is 35.5. The summed E-state index contributed by atoms with van der Waals surface area (Å²) in [4.78, 5) is 15.2. The zero-order chi connectivity index (χ0) is 17.3. The number of aliphatic carboxylic acids is 1. The van der Waals surface area contributed by atoms with Gasteiger partial charge in [0.1, 0.15) is 5.41 Å². The molecule has 0 spiro atoms. The van der Waals surface area contributed by atoms with Gasteiger partial charge in [0.2, 0.25) is 0 Å². The molecule has 1 N–H and O–H groups in total. The first-order valence-corrected chi connectivity index (χ1v) is 9.28. The summed E-state index contributed by atoms with van der Waals surface area (Å²) in [5.74, 6) is 0.0283. The number of carbonyl (C=O) groups is 1. The molecule has 5 rings (SSSR count). The number of hydrogen-bond acceptors (Lipinski definition) is 2. The Morgan fingerprint density at radius 1 is 0.962 bits per heavy atom. The summed E-state index contributed by atoms with van der Waals surface area (Å²) in [7, 11) is 0. The highest BCUT2D eigenvalue weighted by molar-refractivity contribution is 5.86. The molecule has 0 aliphatic carbocycles. The molecule has 3 aliphatic heterocycles. The molecule has 0 radical (unpaired) electrons. The monoisotopic (exact) mass is 371 g/mol. The van der Waals surface area contributed by atoms with Gasteiger partial charge in [0.15, 0.2) is 0 Å². The van der Waals surface area contributed by atoms with E-state index in [0.29, 0.717) is 12.5 Å². The maximum atomic E-state index is 12.7. The number of benzene rings is 2. The lowest BCUT2D eigenvalue weighted by atomic mass is 9.67. The highest BCUT2D eigenvalue weighted by Crippen LogP contribution is 2.42. The Morgan fingerprint density at radius 3 is 1.85 bits per heavy atom. The minimum atomic E-state index is -0.981. The molecule has 1 atom stereocenters. The van der Waals surface area contributed by atoms with E-state index in [-0.39, 0.29) is 12.4 Å². The fourth-order valence-electron chi connectivity index (χ4n) is 4.84. The zero-order valence-corrected chi connectivity index (χ0v) is 15.7. The number of fused-ring (bicyclic) bond motifs is 3. The van der Waals surface area contributed by atoms with E-state index in [2.05, 4.69) is 4.90 Å². The van der Waals surface area contributed by atoms with E-state index < -0.39 is 11.4 Å². The highest BCUT2D eigenvalue weighted by Gasteiger charge is 2.47. The molecule has 0 amide bonds. The molecule has 1 unspecified atom stereocenters. The lowest BCUT2D eigenvalue weighted by Crippen LogP contribution is -2.53. The molecule has 3 nitrogen and oxygen atoms in total. The predicted molar refractivity (Wildman–Crippen MR) is 106 cm³/mol. The van der Waals surface area contributed by atoms with E-state index in [9.17, 15) is 9.90 Å². The van der Waals surface area contributed by atoms with Gasteiger partial charge in [-0.2, -0.15) is 0 Å². The van der Waals surface area contributed by atoms with Crippen LogP contribution in [0.3, 0.4) is 0 Å². The van der Waals surface area contributed by atoms with Gasteiger partial charge in [-0.1, -0.05) is 60.7 Å². The number of hydrogen-bond donors (Lipinski definition) is 1. The van der Waals surface area contributed by atoms with Gasteiger partial charge >= 0.3 is 5.97 Å². The summed E-state index contributed by atoms with van der Waals surface area (Å²) in [6.45, 7) is 2.24. The molecule has 3 heterocycles. The maximum absolute atomic E-state index is 12.7. The van der Waals surface area contributed by atoms with Gasteiger partial charge in [0.05, 0.1) is 0 Å². The molecule has 3 saturated heterocycles. The van der Waals surface area contributed by atoms with Crippen LogP contribution in [0.5, 0.6) is 0 Å². The van der Waals surface area contributed by atoms with E-state index in [1.165, 1.54) is 12.8 Å². The van der Waals surface area contributed by atoms with Gasteiger partial charge in [-0.15, -0.1) is 12.4 Å². The molecule has 2 aromatic rings. The van der Waals surface area contributed by atoms with Crippen molar-refractivity contribution in [3.63, 3.8) is 0 Å². The smallest absolute Gasteiger partial charge is 0.318 e. The molecule has 0 saturated carbocycles. The summed E-state index contributed by atoms with van der Waals surface area (Å²) >= 11 is 0. The van der Waals surface area contributed by atoms with Crippen molar-refractivity contribution in [1.29, 1.82) is 0 Å². The van der Waals surface area contributed by atoms with Crippen molar-refractivity contribution < 1.29 is 9.90 Å². The second-order valence-corrected chi connectivity index (χ2v) is 7.52. The minimum Gasteiger partial charge on any atom is -0.480 e. The van der Waals surface area contributed by atoms with E-state index in [4.69, 9.17) is 0 Å². The first-order valence-electron chi connectivity index (χ1n) is 9.28. The van der Waals surface area contributed by atoms with Crippen LogP contribution in [0.15, 0.2) is 60.7 Å². The largest absolute Gasteiger partial charge is 0.480 e. The van der Waals surface area contributed by atoms with Crippen LogP contribution in [-0.4, -0.2) is 35.1 Å². The Morgan fingerprint density at radius 2 is 1.46 bits per heavy atom. The summed E-state index contributed by atoms with van der Waals surface area (Å²) < 4.78 is 0. The second-order valence-electron chi connectivity index (χ2n) is 7.52. The van der Waals surface area contributed by atoms with Crippen LogP contribution in [0.1, 0.15) is 36.8 Å². The normalized spacial score (nSPS) is 24.7. The van der Waals surface area contributed by atoms with Crippen LogP contribution in [0.2, 0.25) is 0 Å². The van der Waals surface area contributed by atoms with E-state index in [1.54, 1.807) is 0 Å². The van der Waals surface area contributed by atoms with Crippen molar-refractivity contribution in [2.24, 2.45) is 5.92 Å². The van der Waals surface area contributed by atoms with Crippen molar-refractivity contribution in [3.05, 3.63) is 71.8 Å². The molecule has 2 aromatic carbocycles. The third kappa shape index (κ3) is 3.26. The van der Waals surface area contributed by atoms with Crippen LogP contribution in [0.25, 0.3) is 0 Å². The van der Waals surface area contributed by atoms with Gasteiger partial charge in [-0.3, -0.25) is 4.79 Å². The molecule has 2 bridgehead atoms. The number of halogens is 1. The Balaban J connectivity index is 0.00000196. The Bertz CT molecular complexity index is 687. The third-order valence-corrected chi connectivity index (χ3v) is 6.21. The lowest BCUT2D eigenvalue weighted by Gasteiger charge is -2.48. The zero-order valence-electron chi connectivity index (χ0n) is 14.9. The van der Waals surface area contributed by atoms with Gasteiger partial charge in [0, 0.05) is 6.04 Å². The Hall–Kier alpha value is -1.84. The summed E-state index contributed by atoms with van der Waals surface area (Å²) in [5.41, 5.74) is 0.790. The summed E-state index contributed by atoms with van der Waals surface area (Å²) in [5, 5.41) is 10.4. The Labute approximate surface area is 161 Å². The predicted octanol–water partition coefficient (Wildman–Crippen LogP) is 4.35. The number of rotatable bonds is 5. The number of piperidine rings is 3. The average molecular weight is 372 g/mol. The topological polar surface area (TPSA) is 40.5 Å². The van der Waals surface area contributed by atoms with Crippen LogP contribution in [0.4, 0.5) is 0 Å². The molecule has 26 heavy (non-hydrogen) atoms.